The van der Waals surface area contributed by atoms with E-state index in [-0.39, 0.29) is 17.3 Å². The summed E-state index contributed by atoms with van der Waals surface area (Å²) in [6.07, 6.45) is 1.36. The van der Waals surface area contributed by atoms with Crippen LogP contribution in [0.3, 0.4) is 0 Å². The number of nitrogens with zero attached hydrogens (tertiary/aromatic N) is 6. The lowest BCUT2D eigenvalue weighted by atomic mass is 10.3. The second-order valence-electron chi connectivity index (χ2n) is 3.26. The van der Waals surface area contributed by atoms with Crippen LogP contribution in [0.4, 0.5) is 5.95 Å². The first-order valence-corrected chi connectivity index (χ1v) is 4.64. The Balaban J connectivity index is 2.66. The predicted octanol–water partition coefficient (Wildman–Crippen LogP) is 0.296. The summed E-state index contributed by atoms with van der Waals surface area (Å²) in [6.45, 7) is 1.76. The Labute approximate surface area is 96.8 Å². The third kappa shape index (κ3) is 1.77. The van der Waals surface area contributed by atoms with Gasteiger partial charge < -0.3 is 5.73 Å². The van der Waals surface area contributed by atoms with Gasteiger partial charge in [-0.1, -0.05) is 0 Å². The van der Waals surface area contributed by atoms with Crippen LogP contribution in [0.2, 0.25) is 0 Å². The van der Waals surface area contributed by atoms with Crippen molar-refractivity contribution < 1.29 is 0 Å². The Morgan fingerprint density at radius 2 is 2.06 bits per heavy atom. The van der Waals surface area contributed by atoms with Gasteiger partial charge >= 0.3 is 0 Å². The van der Waals surface area contributed by atoms with Crippen molar-refractivity contribution in [2.24, 2.45) is 0 Å². The Kier molecular flexibility index (Phi) is 2.43. The molecule has 2 aromatic heterocycles. The van der Waals surface area contributed by atoms with Crippen LogP contribution in [0.1, 0.15) is 17.1 Å². The summed E-state index contributed by atoms with van der Waals surface area (Å²) in [7, 11) is 0. The Hall–Kier alpha value is -2.93. The number of aromatic nitrogens is 4. The van der Waals surface area contributed by atoms with Gasteiger partial charge in [0.15, 0.2) is 11.4 Å². The molecule has 0 aliphatic heterocycles. The molecule has 0 saturated heterocycles. The lowest BCUT2D eigenvalue weighted by Gasteiger charge is -2.04. The molecule has 82 valence electrons. The summed E-state index contributed by atoms with van der Waals surface area (Å²) in [4.78, 5) is 11.7. The maximum atomic E-state index is 8.98. The minimum Gasteiger partial charge on any atom is -0.368 e. The molecule has 0 unspecified atom stereocenters. The van der Waals surface area contributed by atoms with E-state index in [0.29, 0.717) is 11.5 Å². The van der Waals surface area contributed by atoms with Gasteiger partial charge in [-0.2, -0.15) is 15.5 Å². The molecule has 2 N–H and O–H groups in total. The molecule has 2 aromatic rings. The SMILES string of the molecule is Cc1cc(-n2cnc(C#N)c2C#N)nc(N)n1. The first kappa shape index (κ1) is 10.6. The number of nitrogens with two attached hydrogens (primary N) is 1. The zero-order valence-electron chi connectivity index (χ0n) is 8.92. The third-order valence-electron chi connectivity index (χ3n) is 2.08. The Bertz CT molecular complexity index is 636. The molecule has 0 radical (unpaired) electrons. The van der Waals surface area contributed by atoms with Crippen LogP contribution >= 0.6 is 0 Å². The van der Waals surface area contributed by atoms with Gasteiger partial charge in [-0.3, -0.25) is 4.57 Å². The average Bonchev–Trinajstić information content (AvgIpc) is 2.70. The van der Waals surface area contributed by atoms with E-state index < -0.39 is 0 Å². The van der Waals surface area contributed by atoms with E-state index in [2.05, 4.69) is 15.0 Å². The number of hydrogen-bond acceptors (Lipinski definition) is 6. The summed E-state index contributed by atoms with van der Waals surface area (Å²) in [5, 5.41) is 17.8. The number of nitriles is 2. The molecule has 0 spiro atoms. The van der Waals surface area contributed by atoms with Crippen molar-refractivity contribution >= 4 is 5.95 Å². The standard InChI is InChI=1S/C10H7N7/c1-6-2-9(16-10(13)15-6)17-5-14-7(3-11)8(17)4-12/h2,5H,1H3,(H2,13,15,16). The predicted molar refractivity (Wildman–Crippen MR) is 57.7 cm³/mol. The minimum atomic E-state index is 0.0577. The lowest BCUT2D eigenvalue weighted by molar-refractivity contribution is 0.951. The van der Waals surface area contributed by atoms with E-state index in [1.807, 2.05) is 12.1 Å². The Morgan fingerprint density at radius 3 is 2.65 bits per heavy atom. The van der Waals surface area contributed by atoms with E-state index in [1.165, 1.54) is 10.9 Å². The highest BCUT2D eigenvalue weighted by Crippen LogP contribution is 2.13. The van der Waals surface area contributed by atoms with Gasteiger partial charge in [0.1, 0.15) is 24.3 Å². The van der Waals surface area contributed by atoms with Crippen molar-refractivity contribution in [2.45, 2.75) is 6.92 Å². The normalized spacial score (nSPS) is 9.59. The van der Waals surface area contributed by atoms with E-state index >= 15 is 0 Å². The van der Waals surface area contributed by atoms with Crippen molar-refractivity contribution in [3.63, 3.8) is 0 Å². The van der Waals surface area contributed by atoms with Crippen LogP contribution in [-0.4, -0.2) is 19.5 Å². The van der Waals surface area contributed by atoms with E-state index in [9.17, 15) is 0 Å². The first-order chi connectivity index (χ1) is 8.15. The van der Waals surface area contributed by atoms with Gasteiger partial charge in [0.25, 0.3) is 0 Å². The number of nitrogen functional groups attached to an aromatic ring is 1. The summed E-state index contributed by atoms with van der Waals surface area (Å²) in [5.74, 6) is 0.525. The van der Waals surface area contributed by atoms with E-state index in [0.717, 1.165) is 0 Å². The monoisotopic (exact) mass is 225 g/mol. The zero-order valence-corrected chi connectivity index (χ0v) is 8.92. The summed E-state index contributed by atoms with van der Waals surface area (Å²) < 4.78 is 1.41. The van der Waals surface area contributed by atoms with E-state index in [4.69, 9.17) is 16.3 Å². The smallest absolute Gasteiger partial charge is 0.222 e. The second kappa shape index (κ2) is 3.91. The highest BCUT2D eigenvalue weighted by Gasteiger charge is 2.13. The molecule has 0 aromatic carbocycles. The molecule has 0 saturated carbocycles. The molecule has 0 aliphatic carbocycles. The molecule has 17 heavy (non-hydrogen) atoms. The molecular weight excluding hydrogens is 218 g/mol. The first-order valence-electron chi connectivity index (χ1n) is 4.64. The quantitative estimate of drug-likeness (QED) is 0.745. The van der Waals surface area contributed by atoms with Gasteiger partial charge in [-0.15, -0.1) is 0 Å². The highest BCUT2D eigenvalue weighted by molar-refractivity contribution is 5.43. The summed E-state index contributed by atoms with van der Waals surface area (Å²) >= 11 is 0. The molecule has 7 heteroatoms. The average molecular weight is 225 g/mol. The fraction of sp³-hybridized carbons (Fsp3) is 0.100. The van der Waals surface area contributed by atoms with Gasteiger partial charge in [-0.05, 0) is 6.92 Å². The van der Waals surface area contributed by atoms with Crippen LogP contribution in [0, 0.1) is 29.6 Å². The largest absolute Gasteiger partial charge is 0.368 e. The van der Waals surface area contributed by atoms with E-state index in [1.54, 1.807) is 13.0 Å². The molecule has 0 aliphatic rings. The third-order valence-corrected chi connectivity index (χ3v) is 2.08. The van der Waals surface area contributed by atoms with Gasteiger partial charge in [0.05, 0.1) is 0 Å². The molecule has 0 bridgehead atoms. The van der Waals surface area contributed by atoms with Gasteiger partial charge in [0, 0.05) is 11.8 Å². The van der Waals surface area contributed by atoms with Gasteiger partial charge in [-0.25, -0.2) is 9.97 Å². The van der Waals surface area contributed by atoms with Crippen LogP contribution in [0.15, 0.2) is 12.4 Å². The molecule has 2 heterocycles. The Morgan fingerprint density at radius 1 is 1.29 bits per heavy atom. The van der Waals surface area contributed by atoms with Crippen LogP contribution in [0.25, 0.3) is 5.82 Å². The van der Waals surface area contributed by atoms with Crippen molar-refractivity contribution in [3.8, 4) is 18.0 Å². The topological polar surface area (TPSA) is 117 Å². The highest BCUT2D eigenvalue weighted by atomic mass is 15.2. The molecule has 0 fully saturated rings. The number of rotatable bonds is 1. The number of anilines is 1. The maximum Gasteiger partial charge on any atom is 0.222 e. The minimum absolute atomic E-state index is 0.0577. The van der Waals surface area contributed by atoms with Crippen molar-refractivity contribution in [2.75, 3.05) is 5.73 Å². The fourth-order valence-electron chi connectivity index (χ4n) is 1.41. The summed E-state index contributed by atoms with van der Waals surface area (Å²) in [6, 6.07) is 5.40. The maximum absolute atomic E-state index is 8.98. The molecule has 0 amide bonds. The van der Waals surface area contributed by atoms with Crippen molar-refractivity contribution in [1.29, 1.82) is 10.5 Å². The second-order valence-corrected chi connectivity index (χ2v) is 3.26. The van der Waals surface area contributed by atoms with Crippen molar-refractivity contribution in [1.82, 2.24) is 19.5 Å². The van der Waals surface area contributed by atoms with Crippen LogP contribution < -0.4 is 5.73 Å². The van der Waals surface area contributed by atoms with Crippen molar-refractivity contribution in [3.05, 3.63) is 29.5 Å². The lowest BCUT2D eigenvalue weighted by Crippen LogP contribution is -2.05. The number of hydrogen-bond donors (Lipinski definition) is 1. The molecule has 2 rings (SSSR count). The molecule has 7 nitrogen and oxygen atoms in total. The number of aryl methyl sites for hydroxylation is 1. The van der Waals surface area contributed by atoms with Crippen LogP contribution in [-0.2, 0) is 0 Å². The molecule has 0 atom stereocenters. The van der Waals surface area contributed by atoms with Crippen LogP contribution in [0.5, 0.6) is 0 Å². The number of imidazole rings is 1. The van der Waals surface area contributed by atoms with Gasteiger partial charge in [0.2, 0.25) is 5.95 Å². The molecular formula is C10H7N7. The zero-order chi connectivity index (χ0) is 12.4. The summed E-state index contributed by atoms with van der Waals surface area (Å²) in [5.41, 5.74) is 6.38. The fourth-order valence-corrected chi connectivity index (χ4v) is 1.41.